The van der Waals surface area contributed by atoms with Crippen molar-refractivity contribution < 1.29 is 5.11 Å². The highest BCUT2D eigenvalue weighted by Gasteiger charge is 2.27. The van der Waals surface area contributed by atoms with Crippen LogP contribution in [0.15, 0.2) is 0 Å². The summed E-state index contributed by atoms with van der Waals surface area (Å²) < 4.78 is 0. The van der Waals surface area contributed by atoms with Crippen molar-refractivity contribution in [1.29, 1.82) is 0 Å². The Kier molecular flexibility index (Phi) is 4.60. The Morgan fingerprint density at radius 3 is 2.13 bits per heavy atom. The fourth-order valence-corrected chi connectivity index (χ4v) is 2.37. The van der Waals surface area contributed by atoms with Crippen LogP contribution in [0.4, 0.5) is 0 Å². The van der Waals surface area contributed by atoms with Crippen LogP contribution in [0.25, 0.3) is 0 Å². The van der Waals surface area contributed by atoms with Gasteiger partial charge in [-0.25, -0.2) is 0 Å². The van der Waals surface area contributed by atoms with Gasteiger partial charge in [0, 0.05) is 12.1 Å². The zero-order chi connectivity index (χ0) is 11.5. The molecule has 0 spiro atoms. The zero-order valence-electron chi connectivity index (χ0n) is 10.7. The third kappa shape index (κ3) is 4.12. The van der Waals surface area contributed by atoms with Gasteiger partial charge in [-0.2, -0.15) is 0 Å². The van der Waals surface area contributed by atoms with Gasteiger partial charge in [-0.3, -0.25) is 0 Å². The average molecular weight is 213 g/mol. The van der Waals surface area contributed by atoms with Crippen LogP contribution < -0.4 is 5.32 Å². The number of aliphatic hydroxyl groups is 1. The maximum absolute atomic E-state index is 9.87. The number of nitrogens with one attached hydrogen (secondary N) is 1. The Hall–Kier alpha value is -0.0800. The van der Waals surface area contributed by atoms with Crippen molar-refractivity contribution in [1.82, 2.24) is 5.32 Å². The highest BCUT2D eigenvalue weighted by molar-refractivity contribution is 4.85. The first-order valence-electron chi connectivity index (χ1n) is 6.39. The van der Waals surface area contributed by atoms with Crippen molar-refractivity contribution in [2.24, 2.45) is 5.92 Å². The van der Waals surface area contributed by atoms with Crippen molar-refractivity contribution in [3.8, 4) is 0 Å². The van der Waals surface area contributed by atoms with Gasteiger partial charge in [0.05, 0.1) is 5.60 Å². The molecule has 1 rings (SSSR count). The molecular formula is C13H27NO. The van der Waals surface area contributed by atoms with E-state index in [1.165, 1.54) is 32.1 Å². The van der Waals surface area contributed by atoms with E-state index in [1.807, 2.05) is 13.8 Å². The van der Waals surface area contributed by atoms with E-state index in [-0.39, 0.29) is 6.04 Å². The summed E-state index contributed by atoms with van der Waals surface area (Å²) in [6.45, 7) is 8.08. The molecule has 2 heteroatoms. The Morgan fingerprint density at radius 2 is 1.67 bits per heavy atom. The summed E-state index contributed by atoms with van der Waals surface area (Å²) in [6, 6.07) is 0.696. The van der Waals surface area contributed by atoms with E-state index in [0.29, 0.717) is 6.04 Å². The van der Waals surface area contributed by atoms with Gasteiger partial charge in [-0.05, 0) is 46.5 Å². The van der Waals surface area contributed by atoms with Gasteiger partial charge in [0.2, 0.25) is 0 Å². The molecule has 15 heavy (non-hydrogen) atoms. The molecule has 0 aromatic carbocycles. The lowest BCUT2D eigenvalue weighted by atomic mass is 9.84. The van der Waals surface area contributed by atoms with E-state index >= 15 is 0 Å². The van der Waals surface area contributed by atoms with Crippen LogP contribution in [0.5, 0.6) is 0 Å². The van der Waals surface area contributed by atoms with Crippen molar-refractivity contribution in [2.75, 3.05) is 0 Å². The summed E-state index contributed by atoms with van der Waals surface area (Å²) >= 11 is 0. The molecule has 1 saturated carbocycles. The maximum atomic E-state index is 9.87. The van der Waals surface area contributed by atoms with Crippen molar-refractivity contribution in [3.05, 3.63) is 0 Å². The molecule has 1 aliphatic rings. The van der Waals surface area contributed by atoms with Crippen molar-refractivity contribution >= 4 is 0 Å². The standard InChI is InChI=1S/C13H27NO/c1-10(12-8-6-5-7-9-12)14-11(2)13(3,4)15/h10-12,14-15H,5-9H2,1-4H3. The molecule has 90 valence electrons. The van der Waals surface area contributed by atoms with Crippen LogP contribution in [0, 0.1) is 5.92 Å². The van der Waals surface area contributed by atoms with E-state index < -0.39 is 5.60 Å². The first-order valence-corrected chi connectivity index (χ1v) is 6.39. The molecule has 0 saturated heterocycles. The van der Waals surface area contributed by atoms with Gasteiger partial charge < -0.3 is 10.4 Å². The topological polar surface area (TPSA) is 32.3 Å². The summed E-state index contributed by atoms with van der Waals surface area (Å²) in [4.78, 5) is 0. The van der Waals surface area contributed by atoms with Crippen LogP contribution >= 0.6 is 0 Å². The van der Waals surface area contributed by atoms with Crippen LogP contribution in [0.1, 0.15) is 59.8 Å². The fraction of sp³-hybridized carbons (Fsp3) is 1.00. The lowest BCUT2D eigenvalue weighted by Crippen LogP contribution is -2.50. The van der Waals surface area contributed by atoms with Crippen LogP contribution in [-0.2, 0) is 0 Å². The second-order valence-electron chi connectivity index (χ2n) is 5.73. The minimum absolute atomic E-state index is 0.162. The van der Waals surface area contributed by atoms with E-state index in [0.717, 1.165) is 5.92 Å². The number of hydrogen-bond donors (Lipinski definition) is 2. The molecule has 2 atom stereocenters. The monoisotopic (exact) mass is 213 g/mol. The van der Waals surface area contributed by atoms with Gasteiger partial charge in [0.15, 0.2) is 0 Å². The molecule has 0 aromatic rings. The van der Waals surface area contributed by atoms with E-state index in [2.05, 4.69) is 19.2 Å². The average Bonchev–Trinajstić information content (AvgIpc) is 2.17. The van der Waals surface area contributed by atoms with E-state index in [1.54, 1.807) is 0 Å². The second kappa shape index (κ2) is 5.31. The Balaban J connectivity index is 2.36. The van der Waals surface area contributed by atoms with Crippen molar-refractivity contribution in [2.45, 2.75) is 77.5 Å². The van der Waals surface area contributed by atoms with E-state index in [4.69, 9.17) is 0 Å². The molecule has 0 aromatic heterocycles. The molecule has 1 aliphatic carbocycles. The quantitative estimate of drug-likeness (QED) is 0.752. The number of rotatable bonds is 4. The first kappa shape index (κ1) is 13.0. The molecule has 0 amide bonds. The van der Waals surface area contributed by atoms with E-state index in [9.17, 15) is 5.11 Å². The first-order chi connectivity index (χ1) is 6.91. The third-order valence-electron chi connectivity index (χ3n) is 3.93. The molecule has 2 unspecified atom stereocenters. The highest BCUT2D eigenvalue weighted by Crippen LogP contribution is 2.27. The summed E-state index contributed by atoms with van der Waals surface area (Å²) in [5.74, 6) is 0.809. The van der Waals surface area contributed by atoms with Crippen LogP contribution in [0.2, 0.25) is 0 Å². The van der Waals surface area contributed by atoms with Gasteiger partial charge in [0.25, 0.3) is 0 Å². The molecule has 0 radical (unpaired) electrons. The maximum Gasteiger partial charge on any atom is 0.0741 e. The fourth-order valence-electron chi connectivity index (χ4n) is 2.37. The van der Waals surface area contributed by atoms with Gasteiger partial charge in [-0.1, -0.05) is 19.3 Å². The largest absolute Gasteiger partial charge is 0.389 e. The van der Waals surface area contributed by atoms with Crippen LogP contribution in [0.3, 0.4) is 0 Å². The minimum atomic E-state index is -0.622. The summed E-state index contributed by atoms with van der Waals surface area (Å²) in [5, 5.41) is 13.4. The summed E-state index contributed by atoms with van der Waals surface area (Å²) in [6.07, 6.45) is 6.88. The van der Waals surface area contributed by atoms with Crippen molar-refractivity contribution in [3.63, 3.8) is 0 Å². The van der Waals surface area contributed by atoms with Gasteiger partial charge in [0.1, 0.15) is 0 Å². The molecule has 2 N–H and O–H groups in total. The molecule has 0 aliphatic heterocycles. The summed E-state index contributed by atoms with van der Waals surface area (Å²) in [7, 11) is 0. The smallest absolute Gasteiger partial charge is 0.0741 e. The Labute approximate surface area is 94.5 Å². The predicted octanol–water partition coefficient (Wildman–Crippen LogP) is 2.70. The molecule has 0 heterocycles. The predicted molar refractivity (Wildman–Crippen MR) is 64.9 cm³/mol. The molecule has 2 nitrogen and oxygen atoms in total. The Morgan fingerprint density at radius 1 is 1.13 bits per heavy atom. The zero-order valence-corrected chi connectivity index (χ0v) is 10.7. The SMILES string of the molecule is CC(NC(C)C(C)(C)O)C1CCCCC1. The molecule has 0 bridgehead atoms. The van der Waals surface area contributed by atoms with Crippen LogP contribution in [-0.4, -0.2) is 22.8 Å². The lowest BCUT2D eigenvalue weighted by Gasteiger charge is -2.34. The number of hydrogen-bond acceptors (Lipinski definition) is 2. The second-order valence-corrected chi connectivity index (χ2v) is 5.73. The molecular weight excluding hydrogens is 186 g/mol. The van der Waals surface area contributed by atoms with Gasteiger partial charge >= 0.3 is 0 Å². The van der Waals surface area contributed by atoms with Gasteiger partial charge in [-0.15, -0.1) is 0 Å². The third-order valence-corrected chi connectivity index (χ3v) is 3.93. The molecule has 1 fully saturated rings. The minimum Gasteiger partial charge on any atom is -0.389 e. The highest BCUT2D eigenvalue weighted by atomic mass is 16.3. The normalized spacial score (nSPS) is 23.8. The lowest BCUT2D eigenvalue weighted by molar-refractivity contribution is 0.0361. The Bertz CT molecular complexity index is 179. The summed E-state index contributed by atoms with van der Waals surface area (Å²) in [5.41, 5.74) is -0.622.